The molecule has 114 valence electrons. The van der Waals surface area contributed by atoms with Crippen molar-refractivity contribution in [3.63, 3.8) is 0 Å². The highest BCUT2D eigenvalue weighted by molar-refractivity contribution is 5.22. The first-order chi connectivity index (χ1) is 10.3. The molecule has 0 amide bonds. The Kier molecular flexibility index (Phi) is 6.37. The number of methoxy groups -OCH3 is 1. The third kappa shape index (κ3) is 4.65. The molecule has 0 saturated heterocycles. The van der Waals surface area contributed by atoms with Crippen LogP contribution >= 0.6 is 0 Å². The van der Waals surface area contributed by atoms with Crippen molar-refractivity contribution in [2.24, 2.45) is 5.73 Å². The summed E-state index contributed by atoms with van der Waals surface area (Å²) >= 11 is 0. The van der Waals surface area contributed by atoms with Crippen molar-refractivity contribution >= 4 is 0 Å². The second kappa shape index (κ2) is 8.54. The second-order valence-corrected chi connectivity index (χ2v) is 5.03. The van der Waals surface area contributed by atoms with Crippen molar-refractivity contribution in [1.82, 2.24) is 10.1 Å². The SMILES string of the molecule is COC(c1ccccc1)c1noc(CCCCCCN)n1. The summed E-state index contributed by atoms with van der Waals surface area (Å²) in [6.07, 6.45) is 4.95. The van der Waals surface area contributed by atoms with Crippen molar-refractivity contribution in [3.05, 3.63) is 47.6 Å². The fourth-order valence-electron chi connectivity index (χ4n) is 2.27. The predicted octanol–water partition coefficient (Wildman–Crippen LogP) is 2.87. The van der Waals surface area contributed by atoms with Gasteiger partial charge in [0, 0.05) is 13.5 Å². The summed E-state index contributed by atoms with van der Waals surface area (Å²) in [5, 5.41) is 4.05. The Hall–Kier alpha value is -1.72. The Morgan fingerprint density at radius 1 is 1.14 bits per heavy atom. The standard InChI is InChI=1S/C16H23N3O2/c1-20-15(13-9-5-4-6-10-13)16-18-14(21-19-16)11-7-2-3-8-12-17/h4-6,9-10,15H,2-3,7-8,11-12,17H2,1H3. The minimum absolute atomic E-state index is 0.277. The maximum Gasteiger partial charge on any atom is 0.226 e. The van der Waals surface area contributed by atoms with E-state index in [0.717, 1.165) is 44.2 Å². The lowest BCUT2D eigenvalue weighted by Gasteiger charge is -2.10. The normalized spacial score (nSPS) is 12.5. The Bertz CT molecular complexity index is 513. The maximum absolute atomic E-state index is 5.49. The Labute approximate surface area is 125 Å². The van der Waals surface area contributed by atoms with Crippen LogP contribution in [0.2, 0.25) is 0 Å². The topological polar surface area (TPSA) is 74.2 Å². The van der Waals surface area contributed by atoms with Crippen molar-refractivity contribution < 1.29 is 9.26 Å². The lowest BCUT2D eigenvalue weighted by molar-refractivity contribution is 0.126. The molecule has 21 heavy (non-hydrogen) atoms. The number of hydrogen-bond acceptors (Lipinski definition) is 5. The van der Waals surface area contributed by atoms with Gasteiger partial charge in [0.1, 0.15) is 6.10 Å². The van der Waals surface area contributed by atoms with Gasteiger partial charge in [0.05, 0.1) is 0 Å². The monoisotopic (exact) mass is 289 g/mol. The fraction of sp³-hybridized carbons (Fsp3) is 0.500. The van der Waals surface area contributed by atoms with Gasteiger partial charge in [-0.05, 0) is 24.9 Å². The van der Waals surface area contributed by atoms with Crippen LogP contribution in [0.5, 0.6) is 0 Å². The van der Waals surface area contributed by atoms with Crippen LogP contribution in [0.25, 0.3) is 0 Å². The highest BCUT2D eigenvalue weighted by Gasteiger charge is 2.19. The Morgan fingerprint density at radius 3 is 2.62 bits per heavy atom. The van der Waals surface area contributed by atoms with E-state index < -0.39 is 0 Å². The molecular weight excluding hydrogens is 266 g/mol. The molecular formula is C16H23N3O2. The number of rotatable bonds is 9. The lowest BCUT2D eigenvalue weighted by atomic mass is 10.1. The predicted molar refractivity (Wildman–Crippen MR) is 80.8 cm³/mol. The molecule has 1 aromatic heterocycles. The van der Waals surface area contributed by atoms with Gasteiger partial charge in [-0.2, -0.15) is 4.98 Å². The highest BCUT2D eigenvalue weighted by atomic mass is 16.5. The molecule has 1 atom stereocenters. The average molecular weight is 289 g/mol. The van der Waals surface area contributed by atoms with E-state index in [9.17, 15) is 0 Å². The van der Waals surface area contributed by atoms with Gasteiger partial charge in [-0.25, -0.2) is 0 Å². The van der Waals surface area contributed by atoms with Crippen molar-refractivity contribution in [1.29, 1.82) is 0 Å². The zero-order valence-corrected chi connectivity index (χ0v) is 12.5. The van der Waals surface area contributed by atoms with Crippen LogP contribution in [-0.4, -0.2) is 23.8 Å². The molecule has 5 nitrogen and oxygen atoms in total. The Balaban J connectivity index is 1.92. The molecule has 0 fully saturated rings. The maximum atomic E-state index is 5.49. The van der Waals surface area contributed by atoms with Crippen molar-refractivity contribution in [2.45, 2.75) is 38.2 Å². The van der Waals surface area contributed by atoms with Gasteiger partial charge in [-0.1, -0.05) is 48.3 Å². The molecule has 5 heteroatoms. The van der Waals surface area contributed by atoms with Crippen LogP contribution in [0.15, 0.2) is 34.9 Å². The first-order valence-electron chi connectivity index (χ1n) is 7.45. The number of aryl methyl sites for hydroxylation is 1. The molecule has 1 aromatic carbocycles. The van der Waals surface area contributed by atoms with Crippen molar-refractivity contribution in [3.8, 4) is 0 Å². The average Bonchev–Trinajstić information content (AvgIpc) is 2.98. The number of nitrogens with two attached hydrogens (primary N) is 1. The van der Waals surface area contributed by atoms with E-state index in [-0.39, 0.29) is 6.10 Å². The smallest absolute Gasteiger partial charge is 0.226 e. The summed E-state index contributed by atoms with van der Waals surface area (Å²) < 4.78 is 10.8. The Morgan fingerprint density at radius 2 is 1.90 bits per heavy atom. The summed E-state index contributed by atoms with van der Waals surface area (Å²) in [6.45, 7) is 0.761. The molecule has 0 aliphatic rings. The van der Waals surface area contributed by atoms with Gasteiger partial charge in [0.25, 0.3) is 0 Å². The van der Waals surface area contributed by atoms with E-state index in [0.29, 0.717) is 11.7 Å². The van der Waals surface area contributed by atoms with Crippen LogP contribution in [-0.2, 0) is 11.2 Å². The van der Waals surface area contributed by atoms with E-state index in [2.05, 4.69) is 10.1 Å². The molecule has 1 unspecified atom stereocenters. The van der Waals surface area contributed by atoms with Crippen LogP contribution < -0.4 is 5.73 Å². The number of nitrogens with zero attached hydrogens (tertiary/aromatic N) is 2. The second-order valence-electron chi connectivity index (χ2n) is 5.03. The third-order valence-electron chi connectivity index (χ3n) is 3.40. The minimum Gasteiger partial charge on any atom is -0.369 e. The molecule has 2 N–H and O–H groups in total. The number of aromatic nitrogens is 2. The molecule has 0 saturated carbocycles. The van der Waals surface area contributed by atoms with Crippen LogP contribution in [0.4, 0.5) is 0 Å². The summed E-state index contributed by atoms with van der Waals surface area (Å²) in [4.78, 5) is 4.45. The summed E-state index contributed by atoms with van der Waals surface area (Å²) in [5.74, 6) is 1.26. The zero-order valence-electron chi connectivity index (χ0n) is 12.5. The molecule has 0 radical (unpaired) electrons. The van der Waals surface area contributed by atoms with Crippen LogP contribution in [0.3, 0.4) is 0 Å². The van der Waals surface area contributed by atoms with Gasteiger partial charge in [-0.15, -0.1) is 0 Å². The number of ether oxygens (including phenoxy) is 1. The quantitative estimate of drug-likeness (QED) is 0.718. The molecule has 0 aliphatic heterocycles. The van der Waals surface area contributed by atoms with E-state index in [1.54, 1.807) is 7.11 Å². The van der Waals surface area contributed by atoms with E-state index in [4.69, 9.17) is 15.0 Å². The van der Waals surface area contributed by atoms with Crippen LogP contribution in [0, 0.1) is 0 Å². The molecule has 2 rings (SSSR count). The van der Waals surface area contributed by atoms with E-state index in [1.807, 2.05) is 30.3 Å². The van der Waals surface area contributed by atoms with Gasteiger partial charge < -0.3 is 15.0 Å². The van der Waals surface area contributed by atoms with Gasteiger partial charge in [0.15, 0.2) is 0 Å². The molecule has 0 spiro atoms. The number of unbranched alkanes of at least 4 members (excludes halogenated alkanes) is 3. The first-order valence-corrected chi connectivity index (χ1v) is 7.45. The molecule has 2 aromatic rings. The van der Waals surface area contributed by atoms with Gasteiger partial charge in [-0.3, -0.25) is 0 Å². The highest BCUT2D eigenvalue weighted by Crippen LogP contribution is 2.22. The zero-order chi connectivity index (χ0) is 14.9. The van der Waals surface area contributed by atoms with E-state index >= 15 is 0 Å². The third-order valence-corrected chi connectivity index (χ3v) is 3.40. The van der Waals surface area contributed by atoms with Gasteiger partial charge >= 0.3 is 0 Å². The summed E-state index contributed by atoms with van der Waals surface area (Å²) in [7, 11) is 1.65. The lowest BCUT2D eigenvalue weighted by Crippen LogP contribution is -2.05. The summed E-state index contributed by atoms with van der Waals surface area (Å²) in [5.41, 5.74) is 6.50. The van der Waals surface area contributed by atoms with Crippen LogP contribution in [0.1, 0.15) is 49.1 Å². The number of hydrogen-bond donors (Lipinski definition) is 1. The van der Waals surface area contributed by atoms with E-state index in [1.165, 1.54) is 0 Å². The largest absolute Gasteiger partial charge is 0.369 e. The fourth-order valence-corrected chi connectivity index (χ4v) is 2.27. The molecule has 1 heterocycles. The molecule has 0 aliphatic carbocycles. The minimum atomic E-state index is -0.277. The number of benzene rings is 1. The van der Waals surface area contributed by atoms with Gasteiger partial charge in [0.2, 0.25) is 11.7 Å². The molecule has 0 bridgehead atoms. The van der Waals surface area contributed by atoms with Crippen molar-refractivity contribution in [2.75, 3.05) is 13.7 Å². The first kappa shape index (κ1) is 15.7. The summed E-state index contributed by atoms with van der Waals surface area (Å²) in [6, 6.07) is 9.91.